The Kier molecular flexibility index (Phi) is 4.52. The van der Waals surface area contributed by atoms with Crippen LogP contribution in [-0.4, -0.2) is 9.55 Å². The fourth-order valence-electron chi connectivity index (χ4n) is 3.18. The van der Waals surface area contributed by atoms with Crippen molar-refractivity contribution in [3.63, 3.8) is 0 Å². The van der Waals surface area contributed by atoms with E-state index in [2.05, 4.69) is 77.6 Å². The van der Waals surface area contributed by atoms with E-state index in [1.54, 1.807) is 0 Å². The lowest BCUT2D eigenvalue weighted by Gasteiger charge is -2.09. The molecule has 1 aromatic heterocycles. The Morgan fingerprint density at radius 2 is 1.27 bits per heavy atom. The van der Waals surface area contributed by atoms with Crippen LogP contribution in [0.5, 0.6) is 0 Å². The Bertz CT molecular complexity index is 974. The SMILES string of the molecule is Cn1c(-c2ccccc2)nc(NCc2ccccc2)c1-c1ccccc1. The lowest BCUT2D eigenvalue weighted by Crippen LogP contribution is -2.01. The molecule has 1 N–H and O–H groups in total. The molecule has 3 aromatic carbocycles. The van der Waals surface area contributed by atoms with Crippen LogP contribution in [0.2, 0.25) is 0 Å². The van der Waals surface area contributed by atoms with Crippen LogP contribution in [0.15, 0.2) is 91.0 Å². The molecule has 128 valence electrons. The molecule has 0 aliphatic heterocycles. The van der Waals surface area contributed by atoms with E-state index in [-0.39, 0.29) is 0 Å². The molecule has 26 heavy (non-hydrogen) atoms. The van der Waals surface area contributed by atoms with E-state index in [1.165, 1.54) is 5.56 Å². The minimum Gasteiger partial charge on any atom is -0.364 e. The first kappa shape index (κ1) is 16.2. The largest absolute Gasteiger partial charge is 0.364 e. The van der Waals surface area contributed by atoms with E-state index in [0.717, 1.165) is 35.0 Å². The van der Waals surface area contributed by atoms with Crippen LogP contribution in [0.4, 0.5) is 5.82 Å². The summed E-state index contributed by atoms with van der Waals surface area (Å²) in [6.07, 6.45) is 0. The maximum Gasteiger partial charge on any atom is 0.153 e. The van der Waals surface area contributed by atoms with Crippen molar-refractivity contribution >= 4 is 5.82 Å². The molecule has 4 aromatic rings. The van der Waals surface area contributed by atoms with Crippen molar-refractivity contribution in [1.29, 1.82) is 0 Å². The third-order valence-corrected chi connectivity index (χ3v) is 4.48. The van der Waals surface area contributed by atoms with Crippen LogP contribution in [0, 0.1) is 0 Å². The number of aromatic nitrogens is 2. The van der Waals surface area contributed by atoms with Gasteiger partial charge in [0.1, 0.15) is 5.82 Å². The Morgan fingerprint density at radius 3 is 1.88 bits per heavy atom. The first-order valence-corrected chi connectivity index (χ1v) is 8.78. The van der Waals surface area contributed by atoms with Gasteiger partial charge in [0.15, 0.2) is 5.82 Å². The summed E-state index contributed by atoms with van der Waals surface area (Å²) in [7, 11) is 2.07. The molecule has 1 heterocycles. The van der Waals surface area contributed by atoms with Crippen molar-refractivity contribution in [3.8, 4) is 22.6 Å². The summed E-state index contributed by atoms with van der Waals surface area (Å²) in [6, 6.07) is 31.1. The number of nitrogens with zero attached hydrogens (tertiary/aromatic N) is 2. The summed E-state index contributed by atoms with van der Waals surface area (Å²) in [5.41, 5.74) is 4.60. The molecule has 0 saturated heterocycles. The van der Waals surface area contributed by atoms with Crippen molar-refractivity contribution < 1.29 is 0 Å². The van der Waals surface area contributed by atoms with Gasteiger partial charge >= 0.3 is 0 Å². The average molecular weight is 339 g/mol. The molecule has 0 aliphatic carbocycles. The number of benzene rings is 3. The van der Waals surface area contributed by atoms with Gasteiger partial charge in [-0.15, -0.1) is 0 Å². The average Bonchev–Trinajstić information content (AvgIpc) is 3.05. The molecule has 0 radical (unpaired) electrons. The molecule has 0 bridgehead atoms. The highest BCUT2D eigenvalue weighted by molar-refractivity contribution is 5.77. The quantitative estimate of drug-likeness (QED) is 0.530. The summed E-state index contributed by atoms with van der Waals surface area (Å²) < 4.78 is 2.16. The Morgan fingerprint density at radius 1 is 0.731 bits per heavy atom. The summed E-state index contributed by atoms with van der Waals surface area (Å²) >= 11 is 0. The zero-order chi connectivity index (χ0) is 17.8. The Hall–Kier alpha value is -3.33. The van der Waals surface area contributed by atoms with Gasteiger partial charge in [-0.05, 0) is 5.56 Å². The maximum atomic E-state index is 4.92. The highest BCUT2D eigenvalue weighted by atomic mass is 15.1. The van der Waals surface area contributed by atoms with Crippen molar-refractivity contribution in [2.24, 2.45) is 7.05 Å². The molecule has 0 unspecified atom stereocenters. The van der Waals surface area contributed by atoms with Gasteiger partial charge in [0, 0.05) is 24.7 Å². The van der Waals surface area contributed by atoms with Crippen LogP contribution < -0.4 is 5.32 Å². The fraction of sp³-hybridized carbons (Fsp3) is 0.0870. The van der Waals surface area contributed by atoms with Crippen LogP contribution in [0.3, 0.4) is 0 Å². The van der Waals surface area contributed by atoms with Crippen molar-refractivity contribution in [2.45, 2.75) is 6.54 Å². The van der Waals surface area contributed by atoms with Gasteiger partial charge in [-0.25, -0.2) is 4.98 Å². The maximum absolute atomic E-state index is 4.92. The summed E-state index contributed by atoms with van der Waals surface area (Å²) in [4.78, 5) is 4.92. The summed E-state index contributed by atoms with van der Waals surface area (Å²) in [5, 5.41) is 3.53. The van der Waals surface area contributed by atoms with Gasteiger partial charge in [-0.1, -0.05) is 91.0 Å². The molecule has 0 atom stereocenters. The molecule has 0 amide bonds. The van der Waals surface area contributed by atoms with E-state index in [4.69, 9.17) is 4.98 Å². The van der Waals surface area contributed by atoms with Crippen LogP contribution >= 0.6 is 0 Å². The minimum atomic E-state index is 0.742. The lowest BCUT2D eigenvalue weighted by molar-refractivity contribution is 0.933. The van der Waals surface area contributed by atoms with E-state index < -0.39 is 0 Å². The van der Waals surface area contributed by atoms with Gasteiger partial charge < -0.3 is 9.88 Å². The topological polar surface area (TPSA) is 29.9 Å². The first-order chi connectivity index (χ1) is 12.8. The second-order valence-electron chi connectivity index (χ2n) is 6.26. The molecular weight excluding hydrogens is 318 g/mol. The lowest BCUT2D eigenvalue weighted by atomic mass is 10.1. The minimum absolute atomic E-state index is 0.742. The van der Waals surface area contributed by atoms with Gasteiger partial charge in [0.2, 0.25) is 0 Å². The molecule has 4 rings (SSSR count). The molecule has 0 fully saturated rings. The fourth-order valence-corrected chi connectivity index (χ4v) is 3.18. The highest BCUT2D eigenvalue weighted by Crippen LogP contribution is 2.32. The third kappa shape index (κ3) is 3.24. The third-order valence-electron chi connectivity index (χ3n) is 4.48. The van der Waals surface area contributed by atoms with Crippen molar-refractivity contribution in [1.82, 2.24) is 9.55 Å². The number of nitrogens with one attached hydrogen (secondary N) is 1. The zero-order valence-electron chi connectivity index (χ0n) is 14.8. The number of anilines is 1. The normalized spacial score (nSPS) is 10.7. The smallest absolute Gasteiger partial charge is 0.153 e. The Balaban J connectivity index is 1.76. The number of hydrogen-bond donors (Lipinski definition) is 1. The van der Waals surface area contributed by atoms with E-state index >= 15 is 0 Å². The van der Waals surface area contributed by atoms with Crippen LogP contribution in [0.1, 0.15) is 5.56 Å². The van der Waals surface area contributed by atoms with Gasteiger partial charge in [0.05, 0.1) is 5.69 Å². The molecular formula is C23H21N3. The van der Waals surface area contributed by atoms with Crippen LogP contribution in [-0.2, 0) is 13.6 Å². The van der Waals surface area contributed by atoms with Gasteiger partial charge in [0.25, 0.3) is 0 Å². The van der Waals surface area contributed by atoms with Gasteiger partial charge in [-0.3, -0.25) is 0 Å². The monoisotopic (exact) mass is 339 g/mol. The second-order valence-corrected chi connectivity index (χ2v) is 6.26. The second kappa shape index (κ2) is 7.28. The molecule has 3 heteroatoms. The Labute approximate surface area is 154 Å². The predicted molar refractivity (Wildman–Crippen MR) is 108 cm³/mol. The van der Waals surface area contributed by atoms with E-state index in [9.17, 15) is 0 Å². The number of rotatable bonds is 5. The summed E-state index contributed by atoms with van der Waals surface area (Å²) in [5.74, 6) is 1.86. The van der Waals surface area contributed by atoms with Crippen molar-refractivity contribution in [2.75, 3.05) is 5.32 Å². The van der Waals surface area contributed by atoms with E-state index in [0.29, 0.717) is 0 Å². The molecule has 0 aliphatic rings. The standard InChI is InChI=1S/C23H21N3/c1-26-21(19-13-7-3-8-14-19)22(24-17-18-11-5-2-6-12-18)25-23(26)20-15-9-4-10-16-20/h2-16,24H,17H2,1H3. The van der Waals surface area contributed by atoms with Crippen molar-refractivity contribution in [3.05, 3.63) is 96.6 Å². The predicted octanol–water partition coefficient (Wildman–Crippen LogP) is 5.37. The molecule has 3 nitrogen and oxygen atoms in total. The van der Waals surface area contributed by atoms with Gasteiger partial charge in [-0.2, -0.15) is 0 Å². The first-order valence-electron chi connectivity index (χ1n) is 8.78. The number of imidazole rings is 1. The molecule has 0 saturated carbocycles. The molecule has 0 spiro atoms. The summed E-state index contributed by atoms with van der Waals surface area (Å²) in [6.45, 7) is 0.742. The highest BCUT2D eigenvalue weighted by Gasteiger charge is 2.17. The van der Waals surface area contributed by atoms with Crippen LogP contribution in [0.25, 0.3) is 22.6 Å². The number of hydrogen-bond acceptors (Lipinski definition) is 2. The zero-order valence-corrected chi connectivity index (χ0v) is 14.8. The van der Waals surface area contributed by atoms with E-state index in [1.807, 2.05) is 30.3 Å².